The summed E-state index contributed by atoms with van der Waals surface area (Å²) in [6, 6.07) is 0. The third-order valence-electron chi connectivity index (χ3n) is 3.02. The van der Waals surface area contributed by atoms with Crippen molar-refractivity contribution in [3.63, 3.8) is 0 Å². The van der Waals surface area contributed by atoms with Crippen LogP contribution in [0.4, 0.5) is 74.6 Å². The van der Waals surface area contributed by atoms with Gasteiger partial charge in [0.15, 0.2) is 0 Å². The highest BCUT2D eigenvalue weighted by molar-refractivity contribution is 7.87. The molecule has 1 N–H and O–H groups in total. The van der Waals surface area contributed by atoms with Crippen molar-refractivity contribution in [1.29, 1.82) is 0 Å². The lowest BCUT2D eigenvalue weighted by Crippen LogP contribution is -2.74. The van der Waals surface area contributed by atoms with Gasteiger partial charge in [0.05, 0.1) is 0 Å². The van der Waals surface area contributed by atoms with Crippen LogP contribution in [0.2, 0.25) is 0 Å². The van der Waals surface area contributed by atoms with E-state index in [1.165, 1.54) is 0 Å². The van der Waals surface area contributed by atoms with E-state index in [1.807, 2.05) is 0 Å². The van der Waals surface area contributed by atoms with Crippen LogP contribution < -0.4 is 0 Å². The zero-order valence-corrected chi connectivity index (χ0v) is 12.9. The van der Waals surface area contributed by atoms with Gasteiger partial charge in [0.2, 0.25) is 0 Å². The fourth-order valence-electron chi connectivity index (χ4n) is 1.31. The van der Waals surface area contributed by atoms with Crippen molar-refractivity contribution in [2.45, 2.75) is 47.0 Å². The summed E-state index contributed by atoms with van der Waals surface area (Å²) in [6.07, 6.45) is -7.88. The summed E-state index contributed by atoms with van der Waals surface area (Å²) in [5.74, 6) is -52.0. The first-order chi connectivity index (χ1) is 12.0. The fraction of sp³-hybridized carbons (Fsp3) is 1.00. The minimum Gasteiger partial charge on any atom is -0.281 e. The Morgan fingerprint density at radius 2 is 0.621 bits per heavy atom. The second-order valence-corrected chi connectivity index (χ2v) is 6.40. The smallest absolute Gasteiger partial charge is 0.281 e. The normalized spacial score (nSPS) is 16.9. The second-order valence-electron chi connectivity index (χ2n) is 4.94. The van der Waals surface area contributed by atoms with Crippen molar-refractivity contribution in [3.05, 3.63) is 0 Å². The molecule has 176 valence electrons. The van der Waals surface area contributed by atoms with Gasteiger partial charge >= 0.3 is 57.1 Å². The Hall–Kier alpha value is -1.28. The SMILES string of the molecule is O=S(=O)(O)[13C](F)(F)[13C](F)(F)[13C](F)(F)[13C](F)(F)[13C](F)(F)[13C](F)(F)[13C](F)(F)[13C](F)(F)F. The maximum absolute atomic E-state index is 13.0. The summed E-state index contributed by atoms with van der Waals surface area (Å²) in [7, 11) is -7.89. The first-order valence-electron chi connectivity index (χ1n) is 5.68. The Balaban J connectivity index is 6.90. The Morgan fingerprint density at radius 3 is 0.828 bits per heavy atom. The predicted molar refractivity (Wildman–Crippen MR) is 52.2 cm³/mol. The van der Waals surface area contributed by atoms with Crippen LogP contribution in [0.1, 0.15) is 0 Å². The lowest BCUT2D eigenvalue weighted by Gasteiger charge is -2.42. The summed E-state index contributed by atoms with van der Waals surface area (Å²) in [5, 5.41) is -7.84. The minimum absolute atomic E-state index is 7.67. The second kappa shape index (κ2) is 6.36. The van der Waals surface area contributed by atoms with Gasteiger partial charge in [-0.25, -0.2) is 0 Å². The zero-order valence-electron chi connectivity index (χ0n) is 12.1. The Morgan fingerprint density at radius 1 is 0.414 bits per heavy atom. The molecule has 0 atom stereocenters. The Kier molecular flexibility index (Phi) is 6.08. The van der Waals surface area contributed by atoms with Gasteiger partial charge in [0.25, 0.3) is 0 Å². The van der Waals surface area contributed by atoms with E-state index in [0.29, 0.717) is 0 Å². The first-order valence-corrected chi connectivity index (χ1v) is 7.12. The van der Waals surface area contributed by atoms with Crippen LogP contribution in [0.15, 0.2) is 0 Å². The third kappa shape index (κ3) is 3.26. The topological polar surface area (TPSA) is 54.4 Å². The van der Waals surface area contributed by atoms with Crippen LogP contribution in [0.3, 0.4) is 0 Å². The van der Waals surface area contributed by atoms with E-state index in [9.17, 15) is 83.1 Å². The van der Waals surface area contributed by atoms with Crippen LogP contribution in [-0.4, -0.2) is 59.9 Å². The molecule has 0 saturated heterocycles. The van der Waals surface area contributed by atoms with E-state index in [1.54, 1.807) is 0 Å². The van der Waals surface area contributed by atoms with Gasteiger partial charge in [-0.2, -0.15) is 83.1 Å². The van der Waals surface area contributed by atoms with Gasteiger partial charge < -0.3 is 0 Å². The molecule has 3 nitrogen and oxygen atoms in total. The molecule has 0 rings (SSSR count). The standard InChI is InChI=1S/C8HF17O3S/c9-1(10,3(13,14)5(17,18)7(21,22)23)2(11,12)4(15,16)6(19,20)8(24,25)29(26,27)28/h(H,26,27,28)/i1+1,2+1,3+1,4+1,5+1,6+1,7+1,8+1. The number of rotatable bonds is 7. The van der Waals surface area contributed by atoms with E-state index in [-0.39, 0.29) is 0 Å². The maximum Gasteiger partial charge on any atom is 0.460 e. The van der Waals surface area contributed by atoms with Crippen molar-refractivity contribution in [3.8, 4) is 0 Å². The minimum atomic E-state index is -8.89. The van der Waals surface area contributed by atoms with E-state index < -0.39 is 57.1 Å². The molecular formula is C8HF17O3S. The number of alkyl halides is 17. The van der Waals surface area contributed by atoms with Gasteiger partial charge in [-0.15, -0.1) is 0 Å². The molecule has 0 aliphatic carbocycles. The molecule has 0 aliphatic rings. The van der Waals surface area contributed by atoms with Crippen molar-refractivity contribution < 1.29 is 87.6 Å². The third-order valence-corrected chi connectivity index (χ3v) is 3.92. The lowest BCUT2D eigenvalue weighted by atomic mass is 10.9. The predicted octanol–water partition coefficient (Wildman–Crippen LogP) is 4.84. The number of halogens is 17. The van der Waals surface area contributed by atoms with Crippen molar-refractivity contribution >= 4 is 10.1 Å². The molecule has 0 radical (unpaired) electrons. The van der Waals surface area contributed by atoms with Gasteiger partial charge in [0.1, 0.15) is 0 Å². The molecule has 21 heteroatoms. The monoisotopic (exact) mass is 508 g/mol. The molecule has 0 aromatic heterocycles. The quantitative estimate of drug-likeness (QED) is 0.305. The summed E-state index contributed by atoms with van der Waals surface area (Å²) in [5.41, 5.74) is 0. The van der Waals surface area contributed by atoms with Gasteiger partial charge in [-0.1, -0.05) is 0 Å². The molecule has 29 heavy (non-hydrogen) atoms. The van der Waals surface area contributed by atoms with E-state index in [2.05, 4.69) is 0 Å². The van der Waals surface area contributed by atoms with Crippen molar-refractivity contribution in [2.24, 2.45) is 0 Å². The average molecular weight is 508 g/mol. The Bertz CT molecular complexity index is 732. The van der Waals surface area contributed by atoms with E-state index in [0.717, 1.165) is 0 Å². The van der Waals surface area contributed by atoms with Gasteiger partial charge in [0, 0.05) is 0 Å². The molecule has 0 unspecified atom stereocenters. The summed E-state index contributed by atoms with van der Waals surface area (Å²) >= 11 is 0. The molecule has 0 fully saturated rings. The fourth-order valence-corrected chi connectivity index (χ4v) is 1.76. The summed E-state index contributed by atoms with van der Waals surface area (Å²) < 4.78 is 242. The summed E-state index contributed by atoms with van der Waals surface area (Å²) in [4.78, 5) is 0. The number of hydrogen-bond donors (Lipinski definition) is 1. The molecule has 0 aromatic rings. The van der Waals surface area contributed by atoms with Crippen LogP contribution in [0, 0.1) is 0 Å². The molecule has 0 aliphatic heterocycles. The van der Waals surface area contributed by atoms with Crippen molar-refractivity contribution in [2.75, 3.05) is 0 Å². The van der Waals surface area contributed by atoms with Crippen LogP contribution in [0.25, 0.3) is 0 Å². The molecule has 0 amide bonds. The van der Waals surface area contributed by atoms with Gasteiger partial charge in [-0.05, 0) is 0 Å². The first kappa shape index (κ1) is 27.7. The van der Waals surface area contributed by atoms with Gasteiger partial charge in [-0.3, -0.25) is 4.55 Å². The van der Waals surface area contributed by atoms with Crippen LogP contribution >= 0.6 is 0 Å². The van der Waals surface area contributed by atoms with E-state index >= 15 is 0 Å². The summed E-state index contributed by atoms with van der Waals surface area (Å²) in [6.45, 7) is 0. The zero-order chi connectivity index (χ0) is 24.5. The van der Waals surface area contributed by atoms with Crippen LogP contribution in [-0.2, 0) is 10.1 Å². The molecule has 0 bridgehead atoms. The highest BCUT2D eigenvalue weighted by Crippen LogP contribution is 2.64. The lowest BCUT2D eigenvalue weighted by molar-refractivity contribution is -0.458. The molecular weight excluding hydrogens is 507 g/mol. The molecule has 0 saturated carbocycles. The highest BCUT2D eigenvalue weighted by atomic mass is 32.2. The van der Waals surface area contributed by atoms with E-state index in [4.69, 9.17) is 4.55 Å². The highest BCUT2D eigenvalue weighted by Gasteiger charge is 2.96. The van der Waals surface area contributed by atoms with Crippen molar-refractivity contribution in [1.82, 2.24) is 0 Å². The number of hydrogen-bond acceptors (Lipinski definition) is 2. The molecule has 0 heterocycles. The Labute approximate surface area is 146 Å². The molecule has 0 aromatic carbocycles. The maximum atomic E-state index is 13.0. The molecule has 0 spiro atoms. The average Bonchev–Trinajstić information content (AvgIpc) is 2.43. The largest absolute Gasteiger partial charge is 0.460 e. The van der Waals surface area contributed by atoms with Crippen LogP contribution in [0.5, 0.6) is 0 Å².